The summed E-state index contributed by atoms with van der Waals surface area (Å²) in [7, 11) is 3.34. The predicted molar refractivity (Wildman–Crippen MR) is 71.8 cm³/mol. The quantitative estimate of drug-likeness (QED) is 0.721. The SMILES string of the molecule is COCCCOC(C)C(N)c1ccc(OC)cc1. The summed E-state index contributed by atoms with van der Waals surface area (Å²) in [5.41, 5.74) is 7.20. The molecule has 2 atom stereocenters. The van der Waals surface area contributed by atoms with Gasteiger partial charge in [0.2, 0.25) is 0 Å². The molecule has 18 heavy (non-hydrogen) atoms. The van der Waals surface area contributed by atoms with E-state index in [4.69, 9.17) is 19.9 Å². The standard InChI is InChI=1S/C14H23NO3/c1-11(18-10-4-9-16-2)14(15)12-5-7-13(17-3)8-6-12/h5-8,11,14H,4,9-10,15H2,1-3H3. The van der Waals surface area contributed by atoms with Crippen molar-refractivity contribution in [2.24, 2.45) is 5.73 Å². The van der Waals surface area contributed by atoms with Crippen LogP contribution in [0.4, 0.5) is 0 Å². The Kier molecular flexibility index (Phi) is 6.72. The van der Waals surface area contributed by atoms with Crippen LogP contribution in [0.15, 0.2) is 24.3 Å². The Morgan fingerprint density at radius 1 is 1.11 bits per heavy atom. The summed E-state index contributed by atoms with van der Waals surface area (Å²) >= 11 is 0. The summed E-state index contributed by atoms with van der Waals surface area (Å²) in [6.45, 7) is 3.37. The molecule has 2 unspecified atom stereocenters. The van der Waals surface area contributed by atoms with Gasteiger partial charge < -0.3 is 19.9 Å². The van der Waals surface area contributed by atoms with Gasteiger partial charge in [-0.15, -0.1) is 0 Å². The molecular weight excluding hydrogens is 230 g/mol. The lowest BCUT2D eigenvalue weighted by molar-refractivity contribution is 0.0352. The van der Waals surface area contributed by atoms with E-state index < -0.39 is 0 Å². The number of hydrogen-bond acceptors (Lipinski definition) is 4. The molecule has 0 aliphatic carbocycles. The number of ether oxygens (including phenoxy) is 3. The zero-order chi connectivity index (χ0) is 13.4. The Morgan fingerprint density at radius 2 is 1.78 bits per heavy atom. The second-order valence-electron chi connectivity index (χ2n) is 4.22. The Hall–Kier alpha value is -1.10. The van der Waals surface area contributed by atoms with Crippen molar-refractivity contribution in [1.29, 1.82) is 0 Å². The first-order valence-electron chi connectivity index (χ1n) is 6.19. The number of hydrogen-bond donors (Lipinski definition) is 1. The number of rotatable bonds is 8. The topological polar surface area (TPSA) is 53.7 Å². The van der Waals surface area contributed by atoms with Crippen LogP contribution in [0, 0.1) is 0 Å². The van der Waals surface area contributed by atoms with Gasteiger partial charge in [-0.3, -0.25) is 0 Å². The molecule has 102 valence electrons. The molecule has 0 aliphatic heterocycles. The fourth-order valence-corrected chi connectivity index (χ4v) is 1.67. The average molecular weight is 253 g/mol. The summed E-state index contributed by atoms with van der Waals surface area (Å²) in [5, 5.41) is 0. The van der Waals surface area contributed by atoms with E-state index in [9.17, 15) is 0 Å². The highest BCUT2D eigenvalue weighted by Crippen LogP contribution is 2.19. The van der Waals surface area contributed by atoms with Gasteiger partial charge >= 0.3 is 0 Å². The predicted octanol–water partition coefficient (Wildman–Crippen LogP) is 2.14. The first kappa shape index (κ1) is 15.0. The molecule has 0 saturated carbocycles. The van der Waals surface area contributed by atoms with Crippen molar-refractivity contribution in [2.75, 3.05) is 27.4 Å². The van der Waals surface area contributed by atoms with Crippen LogP contribution in [0.2, 0.25) is 0 Å². The van der Waals surface area contributed by atoms with Gasteiger partial charge in [0, 0.05) is 20.3 Å². The van der Waals surface area contributed by atoms with Crippen molar-refractivity contribution in [2.45, 2.75) is 25.5 Å². The van der Waals surface area contributed by atoms with E-state index in [1.54, 1.807) is 14.2 Å². The third kappa shape index (κ3) is 4.64. The van der Waals surface area contributed by atoms with Crippen molar-refractivity contribution >= 4 is 0 Å². The molecule has 0 fully saturated rings. The van der Waals surface area contributed by atoms with Crippen LogP contribution in [0.3, 0.4) is 0 Å². The van der Waals surface area contributed by atoms with Crippen LogP contribution in [0.25, 0.3) is 0 Å². The fraction of sp³-hybridized carbons (Fsp3) is 0.571. The third-order valence-corrected chi connectivity index (χ3v) is 2.88. The Morgan fingerprint density at radius 3 is 2.33 bits per heavy atom. The molecular formula is C14H23NO3. The zero-order valence-corrected chi connectivity index (χ0v) is 11.4. The Bertz CT molecular complexity index is 326. The molecule has 4 nitrogen and oxygen atoms in total. The number of benzene rings is 1. The van der Waals surface area contributed by atoms with Crippen LogP contribution < -0.4 is 10.5 Å². The minimum absolute atomic E-state index is 0.0183. The minimum atomic E-state index is -0.126. The summed E-state index contributed by atoms with van der Waals surface area (Å²) < 4.78 is 15.8. The Balaban J connectivity index is 2.43. The molecule has 0 bridgehead atoms. The molecule has 0 heterocycles. The van der Waals surface area contributed by atoms with Crippen molar-refractivity contribution in [1.82, 2.24) is 0 Å². The maximum absolute atomic E-state index is 6.15. The highest BCUT2D eigenvalue weighted by atomic mass is 16.5. The van der Waals surface area contributed by atoms with E-state index in [0.717, 1.165) is 17.7 Å². The maximum atomic E-state index is 6.15. The van der Waals surface area contributed by atoms with Crippen molar-refractivity contribution in [3.05, 3.63) is 29.8 Å². The fourth-order valence-electron chi connectivity index (χ4n) is 1.67. The molecule has 0 radical (unpaired) electrons. The third-order valence-electron chi connectivity index (χ3n) is 2.88. The first-order valence-corrected chi connectivity index (χ1v) is 6.19. The van der Waals surface area contributed by atoms with Crippen LogP contribution in [-0.4, -0.2) is 33.5 Å². The number of methoxy groups -OCH3 is 2. The van der Waals surface area contributed by atoms with Crippen LogP contribution in [0.1, 0.15) is 24.9 Å². The molecule has 0 aliphatic rings. The maximum Gasteiger partial charge on any atom is 0.118 e. The van der Waals surface area contributed by atoms with E-state index in [-0.39, 0.29) is 12.1 Å². The molecule has 0 aromatic heterocycles. The largest absolute Gasteiger partial charge is 0.497 e. The van der Waals surface area contributed by atoms with Gasteiger partial charge in [0.05, 0.1) is 19.3 Å². The lowest BCUT2D eigenvalue weighted by atomic mass is 10.0. The molecule has 2 N–H and O–H groups in total. The molecule has 4 heteroatoms. The Labute approximate surface area is 109 Å². The first-order chi connectivity index (χ1) is 8.69. The van der Waals surface area contributed by atoms with Gasteiger partial charge in [-0.1, -0.05) is 12.1 Å². The van der Waals surface area contributed by atoms with E-state index >= 15 is 0 Å². The smallest absolute Gasteiger partial charge is 0.118 e. The van der Waals surface area contributed by atoms with Crippen molar-refractivity contribution in [3.8, 4) is 5.75 Å². The number of nitrogens with two attached hydrogens (primary N) is 1. The monoisotopic (exact) mass is 253 g/mol. The van der Waals surface area contributed by atoms with Gasteiger partial charge in [0.15, 0.2) is 0 Å². The summed E-state index contributed by atoms with van der Waals surface area (Å²) in [4.78, 5) is 0. The van der Waals surface area contributed by atoms with E-state index in [1.807, 2.05) is 31.2 Å². The van der Waals surface area contributed by atoms with Crippen LogP contribution >= 0.6 is 0 Å². The molecule has 0 spiro atoms. The van der Waals surface area contributed by atoms with E-state index in [1.165, 1.54) is 0 Å². The lowest BCUT2D eigenvalue weighted by Gasteiger charge is -2.21. The highest BCUT2D eigenvalue weighted by Gasteiger charge is 2.15. The lowest BCUT2D eigenvalue weighted by Crippen LogP contribution is -2.26. The van der Waals surface area contributed by atoms with Gasteiger partial charge in [0.25, 0.3) is 0 Å². The second-order valence-corrected chi connectivity index (χ2v) is 4.22. The van der Waals surface area contributed by atoms with E-state index in [2.05, 4.69) is 0 Å². The zero-order valence-electron chi connectivity index (χ0n) is 11.4. The van der Waals surface area contributed by atoms with Crippen LogP contribution in [-0.2, 0) is 9.47 Å². The van der Waals surface area contributed by atoms with Gasteiger partial charge in [-0.05, 0) is 31.0 Å². The minimum Gasteiger partial charge on any atom is -0.497 e. The van der Waals surface area contributed by atoms with Crippen molar-refractivity contribution in [3.63, 3.8) is 0 Å². The summed E-state index contributed by atoms with van der Waals surface area (Å²) in [6, 6.07) is 7.63. The average Bonchev–Trinajstić information content (AvgIpc) is 2.42. The molecule has 0 saturated heterocycles. The van der Waals surface area contributed by atoms with Crippen LogP contribution in [0.5, 0.6) is 5.75 Å². The summed E-state index contributed by atoms with van der Waals surface area (Å²) in [5.74, 6) is 0.833. The second kappa shape index (κ2) is 8.08. The highest BCUT2D eigenvalue weighted by molar-refractivity contribution is 5.29. The van der Waals surface area contributed by atoms with E-state index in [0.29, 0.717) is 13.2 Å². The summed E-state index contributed by atoms with van der Waals surface area (Å²) in [6.07, 6.45) is 0.867. The molecule has 1 aromatic carbocycles. The molecule has 1 rings (SSSR count). The van der Waals surface area contributed by atoms with Gasteiger partial charge in [-0.2, -0.15) is 0 Å². The van der Waals surface area contributed by atoms with Gasteiger partial charge in [0.1, 0.15) is 5.75 Å². The van der Waals surface area contributed by atoms with Gasteiger partial charge in [-0.25, -0.2) is 0 Å². The molecule has 1 aromatic rings. The molecule has 0 amide bonds. The van der Waals surface area contributed by atoms with Crippen molar-refractivity contribution < 1.29 is 14.2 Å². The normalized spacial score (nSPS) is 14.2.